The van der Waals surface area contributed by atoms with Crippen LogP contribution in [0, 0.1) is 15.5 Å². The molecular weight excluding hydrogens is 530 g/mol. The average Bonchev–Trinajstić information content (AvgIpc) is 3.53. The molecule has 0 radical (unpaired) electrons. The third kappa shape index (κ3) is 4.13. The van der Waals surface area contributed by atoms with E-state index in [1.54, 1.807) is 12.1 Å². The fourth-order valence-corrected chi connectivity index (χ4v) is 7.73. The normalized spacial score (nSPS) is 18.2. The monoisotopic (exact) mass is 553 g/mol. The summed E-state index contributed by atoms with van der Waals surface area (Å²) in [7, 11) is 0. The molecule has 0 bridgehead atoms. The van der Waals surface area contributed by atoms with E-state index in [0.717, 1.165) is 48.6 Å². The lowest BCUT2D eigenvalue weighted by Crippen LogP contribution is -2.33. The quantitative estimate of drug-likeness (QED) is 0.176. The van der Waals surface area contributed by atoms with Crippen LogP contribution in [0.5, 0.6) is 0 Å². The Morgan fingerprint density at radius 1 is 1.10 bits per heavy atom. The van der Waals surface area contributed by atoms with Gasteiger partial charge in [0, 0.05) is 35.4 Å². The molecule has 7 rings (SSSR count). The predicted molar refractivity (Wildman–Crippen MR) is 154 cm³/mol. The van der Waals surface area contributed by atoms with Gasteiger partial charge in [0.15, 0.2) is 15.2 Å². The van der Waals surface area contributed by atoms with Crippen LogP contribution in [0.1, 0.15) is 44.1 Å². The van der Waals surface area contributed by atoms with Gasteiger partial charge in [0.1, 0.15) is 11.8 Å². The molecule has 194 valence electrons. The molecule has 1 N–H and O–H groups in total. The van der Waals surface area contributed by atoms with Crippen molar-refractivity contribution in [2.75, 3.05) is 5.32 Å². The Morgan fingerprint density at radius 3 is 2.79 bits per heavy atom. The first-order valence-electron chi connectivity index (χ1n) is 12.6. The van der Waals surface area contributed by atoms with Crippen molar-refractivity contribution in [3.05, 3.63) is 93.7 Å². The minimum absolute atomic E-state index is 0.0452. The molecule has 0 unspecified atom stereocenters. The molecule has 2 aliphatic rings. The van der Waals surface area contributed by atoms with Crippen molar-refractivity contribution < 1.29 is 14.1 Å². The minimum atomic E-state index is -0.403. The van der Waals surface area contributed by atoms with Crippen molar-refractivity contribution in [3.8, 4) is 0 Å². The lowest BCUT2D eigenvalue weighted by molar-refractivity contribution is -0.384. The molecule has 1 aliphatic heterocycles. The summed E-state index contributed by atoms with van der Waals surface area (Å²) < 4.78 is 7.79. The fraction of sp³-hybridized carbons (Fsp3) is 0.200. The zero-order chi connectivity index (χ0) is 26.9. The Balaban J connectivity index is 1.27. The standard InChI is InChI=1S/C30H23N3O4S2/c1-30(2)14-19-26-18-6-4-3-5-16(18)7-9-21(26)31-28(27(19)22(34)15-30)23-11-12-25(37-23)39-29-32-20-10-8-17(33(35)36)13-24(20)38-29/h3-13,28,31H,14-15H2,1-2H3/t28-/m1/s1. The maximum Gasteiger partial charge on any atom is 0.270 e. The summed E-state index contributed by atoms with van der Waals surface area (Å²) in [6.07, 6.45) is 1.30. The van der Waals surface area contributed by atoms with Crippen LogP contribution in [0.3, 0.4) is 0 Å². The number of hydrogen-bond donors (Lipinski definition) is 1. The number of Topliss-reactive ketones (excluding diaryl/α,β-unsaturated/α-hetero) is 1. The van der Waals surface area contributed by atoms with Gasteiger partial charge in [-0.3, -0.25) is 14.9 Å². The van der Waals surface area contributed by atoms with E-state index in [2.05, 4.69) is 48.4 Å². The molecule has 0 amide bonds. The summed E-state index contributed by atoms with van der Waals surface area (Å²) in [5.41, 5.74) is 4.64. The maximum atomic E-state index is 13.6. The number of anilines is 1. The first-order chi connectivity index (χ1) is 18.8. The van der Waals surface area contributed by atoms with Crippen LogP contribution in [0.25, 0.3) is 26.6 Å². The van der Waals surface area contributed by atoms with Crippen molar-refractivity contribution in [1.82, 2.24) is 4.98 Å². The first-order valence-corrected chi connectivity index (χ1v) is 14.3. The smallest absolute Gasteiger partial charge is 0.270 e. The number of nitro benzene ring substituents is 1. The van der Waals surface area contributed by atoms with Crippen molar-refractivity contribution in [3.63, 3.8) is 0 Å². The second-order valence-electron chi connectivity index (χ2n) is 10.8. The molecule has 3 heterocycles. The van der Waals surface area contributed by atoms with Crippen molar-refractivity contribution in [1.29, 1.82) is 0 Å². The molecule has 0 saturated heterocycles. The number of nitro groups is 1. The van der Waals surface area contributed by atoms with Crippen LogP contribution >= 0.6 is 23.1 Å². The van der Waals surface area contributed by atoms with Crippen molar-refractivity contribution >= 4 is 66.8 Å². The van der Waals surface area contributed by atoms with Gasteiger partial charge in [-0.2, -0.15) is 0 Å². The lowest BCUT2D eigenvalue weighted by Gasteiger charge is -2.39. The number of aromatic nitrogens is 1. The van der Waals surface area contributed by atoms with E-state index in [1.807, 2.05) is 24.3 Å². The van der Waals surface area contributed by atoms with Gasteiger partial charge in [-0.15, -0.1) is 11.3 Å². The highest BCUT2D eigenvalue weighted by Gasteiger charge is 2.41. The predicted octanol–water partition coefficient (Wildman–Crippen LogP) is 8.41. The number of benzene rings is 3. The van der Waals surface area contributed by atoms with Gasteiger partial charge in [-0.1, -0.05) is 44.2 Å². The number of carbonyl (C=O) groups excluding carboxylic acids is 1. The molecule has 7 nitrogen and oxygen atoms in total. The Kier molecular flexibility index (Phi) is 5.43. The summed E-state index contributed by atoms with van der Waals surface area (Å²) >= 11 is 2.76. The zero-order valence-corrected chi connectivity index (χ0v) is 22.8. The Bertz CT molecular complexity index is 1870. The molecule has 1 atom stereocenters. The molecule has 5 aromatic rings. The van der Waals surface area contributed by atoms with E-state index in [0.29, 0.717) is 22.8 Å². The summed E-state index contributed by atoms with van der Waals surface area (Å²) in [4.78, 5) is 29.0. The molecule has 39 heavy (non-hydrogen) atoms. The summed E-state index contributed by atoms with van der Waals surface area (Å²) in [5, 5.41) is 17.7. The van der Waals surface area contributed by atoms with Crippen molar-refractivity contribution in [2.45, 2.75) is 42.2 Å². The molecule has 0 saturated carbocycles. The number of thiazole rings is 1. The highest BCUT2D eigenvalue weighted by atomic mass is 32.2. The number of furan rings is 1. The minimum Gasteiger partial charge on any atom is -0.452 e. The number of non-ortho nitro benzene ring substituents is 1. The Labute approximate surface area is 232 Å². The van der Waals surface area contributed by atoms with E-state index in [4.69, 9.17) is 4.42 Å². The van der Waals surface area contributed by atoms with E-state index >= 15 is 0 Å². The summed E-state index contributed by atoms with van der Waals surface area (Å²) in [6, 6.07) is 20.6. The van der Waals surface area contributed by atoms with E-state index in [-0.39, 0.29) is 22.9 Å². The third-order valence-corrected chi connectivity index (χ3v) is 9.38. The Morgan fingerprint density at radius 2 is 1.95 bits per heavy atom. The molecule has 3 aromatic carbocycles. The van der Waals surface area contributed by atoms with Crippen LogP contribution in [0.2, 0.25) is 0 Å². The number of ketones is 1. The second-order valence-corrected chi connectivity index (χ2v) is 13.0. The maximum absolute atomic E-state index is 13.6. The van der Waals surface area contributed by atoms with E-state index in [1.165, 1.54) is 29.2 Å². The average molecular weight is 554 g/mol. The number of carbonyl (C=O) groups is 1. The first kappa shape index (κ1) is 24.1. The number of allylic oxidation sites excluding steroid dienone is 1. The zero-order valence-electron chi connectivity index (χ0n) is 21.2. The number of fused-ring (bicyclic) bond motifs is 5. The third-order valence-electron chi connectivity index (χ3n) is 7.38. The second kappa shape index (κ2) is 8.79. The molecular formula is C30H23N3O4S2. The summed E-state index contributed by atoms with van der Waals surface area (Å²) in [5.74, 6) is 0.823. The number of nitrogens with one attached hydrogen (secondary N) is 1. The molecule has 1 aliphatic carbocycles. The van der Waals surface area contributed by atoms with Gasteiger partial charge in [0.05, 0.1) is 15.1 Å². The largest absolute Gasteiger partial charge is 0.452 e. The van der Waals surface area contributed by atoms with Crippen LogP contribution < -0.4 is 5.32 Å². The number of hydrogen-bond acceptors (Lipinski definition) is 8. The van der Waals surface area contributed by atoms with Crippen LogP contribution in [0.4, 0.5) is 11.4 Å². The van der Waals surface area contributed by atoms with Gasteiger partial charge < -0.3 is 9.73 Å². The topological polar surface area (TPSA) is 98.3 Å². The number of nitrogens with zero attached hydrogens (tertiary/aromatic N) is 2. The van der Waals surface area contributed by atoms with Gasteiger partial charge >= 0.3 is 0 Å². The van der Waals surface area contributed by atoms with Crippen LogP contribution in [0.15, 0.2) is 86.2 Å². The van der Waals surface area contributed by atoms with Crippen LogP contribution in [-0.4, -0.2) is 15.7 Å². The van der Waals surface area contributed by atoms with Gasteiger partial charge in [-0.25, -0.2) is 4.98 Å². The van der Waals surface area contributed by atoms with Crippen molar-refractivity contribution in [2.24, 2.45) is 5.41 Å². The SMILES string of the molecule is CC1(C)CC(=O)C2=C(C1)c1c(ccc3ccccc13)N[C@@H]2c1ccc(Sc2nc3ccc([N+](=O)[O-])cc3s2)o1. The molecule has 0 spiro atoms. The van der Waals surface area contributed by atoms with Gasteiger partial charge in [0.25, 0.3) is 5.69 Å². The molecule has 9 heteroatoms. The fourth-order valence-electron chi connectivity index (χ4n) is 5.73. The highest BCUT2D eigenvalue weighted by molar-refractivity contribution is 8.01. The van der Waals surface area contributed by atoms with E-state index in [9.17, 15) is 14.9 Å². The molecule has 2 aromatic heterocycles. The number of rotatable bonds is 4. The highest BCUT2D eigenvalue weighted by Crippen LogP contribution is 2.52. The van der Waals surface area contributed by atoms with E-state index < -0.39 is 4.92 Å². The van der Waals surface area contributed by atoms with Gasteiger partial charge in [-0.05, 0) is 64.2 Å². The Hall–Kier alpha value is -3.95. The summed E-state index contributed by atoms with van der Waals surface area (Å²) in [6.45, 7) is 4.32. The van der Waals surface area contributed by atoms with Gasteiger partial charge in [0.2, 0.25) is 0 Å². The lowest BCUT2D eigenvalue weighted by atomic mass is 9.68. The van der Waals surface area contributed by atoms with Crippen LogP contribution in [-0.2, 0) is 4.79 Å². The molecule has 0 fully saturated rings.